The summed E-state index contributed by atoms with van der Waals surface area (Å²) in [6.45, 7) is 2.92. The number of likely N-dealkylation sites (N-methyl/N-ethyl adjacent to an activating group) is 1. The number of H-pyrrole nitrogens is 1. The molecule has 6 heterocycles. The third-order valence-corrected chi connectivity index (χ3v) is 9.12. The fourth-order valence-electron chi connectivity index (χ4n) is 7.25. The molecule has 3 N–H and O–H groups in total. The van der Waals surface area contributed by atoms with Gasteiger partial charge in [0.25, 0.3) is 5.56 Å². The van der Waals surface area contributed by atoms with Crippen molar-refractivity contribution in [2.75, 3.05) is 58.0 Å². The number of halogens is 2. The van der Waals surface area contributed by atoms with Crippen LogP contribution in [0.5, 0.6) is 0 Å². The summed E-state index contributed by atoms with van der Waals surface area (Å²) in [4.78, 5) is 39.9. The molecule has 4 aromatic heterocycles. The monoisotopic (exact) mass is 601 g/mol. The largest absolute Gasteiger partial charge is 0.477 e. The molecule has 228 valence electrons. The maximum atomic E-state index is 15.8. The lowest BCUT2D eigenvalue weighted by Crippen LogP contribution is -2.35. The minimum absolute atomic E-state index is 0.114. The van der Waals surface area contributed by atoms with Crippen molar-refractivity contribution in [2.24, 2.45) is 5.92 Å². The maximum absolute atomic E-state index is 15.8. The molecule has 2 fully saturated rings. The number of fused-ring (bicyclic) bond motifs is 5. The molecule has 0 radical (unpaired) electrons. The highest BCUT2D eigenvalue weighted by Gasteiger charge is 2.42. The van der Waals surface area contributed by atoms with Gasteiger partial charge in [0.05, 0.1) is 33.2 Å². The van der Waals surface area contributed by atoms with Gasteiger partial charge in [-0.1, -0.05) is 6.07 Å². The molecule has 0 amide bonds. The van der Waals surface area contributed by atoms with Crippen LogP contribution in [0.25, 0.3) is 38.6 Å². The lowest BCUT2D eigenvalue weighted by molar-refractivity contribution is 0.0694. The van der Waals surface area contributed by atoms with Crippen molar-refractivity contribution in [3.05, 3.63) is 69.8 Å². The van der Waals surface area contributed by atoms with Gasteiger partial charge in [0.15, 0.2) is 11.6 Å². The summed E-state index contributed by atoms with van der Waals surface area (Å²) < 4.78 is 32.1. The normalized spacial score (nSPS) is 18.8. The number of nitrogens with zero attached hydrogens (tertiary/aromatic N) is 5. The Morgan fingerprint density at radius 3 is 2.73 bits per heavy atom. The predicted octanol–water partition coefficient (Wildman–Crippen LogP) is 4.22. The Balaban J connectivity index is 1.55. The lowest BCUT2D eigenvalue weighted by atomic mass is 10.00. The van der Waals surface area contributed by atoms with E-state index in [4.69, 9.17) is 0 Å². The number of aromatic nitrogens is 3. The number of hydrogen-bond acceptors (Lipinski definition) is 7. The van der Waals surface area contributed by atoms with Gasteiger partial charge in [-0.25, -0.2) is 18.6 Å². The average Bonchev–Trinajstić information content (AvgIpc) is 3.67. The molecule has 2 aliphatic rings. The Morgan fingerprint density at radius 1 is 1.20 bits per heavy atom. The zero-order chi connectivity index (χ0) is 31.0. The average molecular weight is 602 g/mol. The summed E-state index contributed by atoms with van der Waals surface area (Å²) >= 11 is 0. The number of rotatable bonds is 6. The van der Waals surface area contributed by atoms with E-state index in [1.165, 1.54) is 10.5 Å². The maximum Gasteiger partial charge on any atom is 0.341 e. The van der Waals surface area contributed by atoms with E-state index in [-0.39, 0.29) is 17.0 Å². The van der Waals surface area contributed by atoms with E-state index in [2.05, 4.69) is 32.1 Å². The molecule has 0 unspecified atom stereocenters. The Hall–Kier alpha value is -4.55. The molecule has 0 bridgehead atoms. The van der Waals surface area contributed by atoms with Crippen molar-refractivity contribution in [3.63, 3.8) is 0 Å². The molecule has 1 aromatic carbocycles. The van der Waals surface area contributed by atoms with Crippen molar-refractivity contribution in [2.45, 2.75) is 19.0 Å². The number of aromatic amines is 1. The molecule has 2 saturated heterocycles. The third kappa shape index (κ3) is 4.23. The van der Waals surface area contributed by atoms with Crippen LogP contribution in [-0.2, 0) is 6.54 Å². The van der Waals surface area contributed by atoms with Crippen LogP contribution in [0.15, 0.2) is 41.5 Å². The van der Waals surface area contributed by atoms with Gasteiger partial charge in [0.1, 0.15) is 11.2 Å². The first-order valence-electron chi connectivity index (χ1n) is 14.6. The highest BCUT2D eigenvalue weighted by Crippen LogP contribution is 2.46. The summed E-state index contributed by atoms with van der Waals surface area (Å²) in [6.07, 6.45) is 4.28. The highest BCUT2D eigenvalue weighted by molar-refractivity contribution is 6.18. The van der Waals surface area contributed by atoms with Crippen molar-refractivity contribution >= 4 is 44.8 Å². The first-order chi connectivity index (χ1) is 21.1. The van der Waals surface area contributed by atoms with Gasteiger partial charge in [-0.2, -0.15) is 0 Å². The number of likely N-dealkylation sites (tertiary alicyclic amines) is 1. The second-order valence-corrected chi connectivity index (χ2v) is 12.2. The van der Waals surface area contributed by atoms with Crippen molar-refractivity contribution in [3.8, 4) is 11.1 Å². The Kier molecular flexibility index (Phi) is 6.59. The molecule has 10 nitrogen and oxygen atoms in total. The van der Waals surface area contributed by atoms with Gasteiger partial charge in [0, 0.05) is 68.9 Å². The van der Waals surface area contributed by atoms with Gasteiger partial charge < -0.3 is 30.1 Å². The van der Waals surface area contributed by atoms with Gasteiger partial charge in [-0.05, 0) is 51.2 Å². The van der Waals surface area contributed by atoms with Crippen LogP contribution < -0.4 is 15.8 Å². The van der Waals surface area contributed by atoms with E-state index in [1.54, 1.807) is 25.5 Å². The Labute approximate surface area is 251 Å². The Morgan fingerprint density at radius 2 is 2.00 bits per heavy atom. The van der Waals surface area contributed by atoms with Crippen LogP contribution in [0.1, 0.15) is 22.3 Å². The number of nitrogens with one attached hydrogen (secondary N) is 2. The minimum atomic E-state index is -1.30. The van der Waals surface area contributed by atoms with Crippen LogP contribution >= 0.6 is 0 Å². The molecule has 0 spiro atoms. The first kappa shape index (κ1) is 28.2. The van der Waals surface area contributed by atoms with Gasteiger partial charge in [0.2, 0.25) is 0 Å². The molecule has 0 aliphatic carbocycles. The summed E-state index contributed by atoms with van der Waals surface area (Å²) in [5, 5.41) is 13.4. The number of carboxylic acid groups (broad SMARTS) is 1. The predicted molar refractivity (Wildman–Crippen MR) is 167 cm³/mol. The lowest BCUT2D eigenvalue weighted by Gasteiger charge is -2.29. The molecule has 2 aliphatic heterocycles. The van der Waals surface area contributed by atoms with Crippen LogP contribution in [-0.4, -0.2) is 89.1 Å². The summed E-state index contributed by atoms with van der Waals surface area (Å²) in [5.74, 6) is -2.81. The van der Waals surface area contributed by atoms with Crippen LogP contribution in [0.3, 0.4) is 0 Å². The van der Waals surface area contributed by atoms with E-state index in [9.17, 15) is 19.1 Å². The molecular weight excluding hydrogens is 568 g/mol. The van der Waals surface area contributed by atoms with E-state index >= 15 is 4.39 Å². The first-order valence-corrected chi connectivity index (χ1v) is 14.6. The smallest absolute Gasteiger partial charge is 0.341 e. The molecular formula is C32H33F2N7O3. The number of hydrogen-bond donors (Lipinski definition) is 3. The van der Waals surface area contributed by atoms with E-state index in [1.807, 2.05) is 25.1 Å². The number of carboxylic acids is 1. The zero-order valence-corrected chi connectivity index (χ0v) is 24.9. The van der Waals surface area contributed by atoms with Crippen LogP contribution in [0.2, 0.25) is 0 Å². The molecule has 0 saturated carbocycles. The molecule has 2 atom stereocenters. The molecule has 44 heavy (non-hydrogen) atoms. The van der Waals surface area contributed by atoms with E-state index in [0.29, 0.717) is 62.6 Å². The second kappa shape index (κ2) is 10.3. The number of anilines is 2. The quantitative estimate of drug-likeness (QED) is 0.266. The highest BCUT2D eigenvalue weighted by atomic mass is 19.2. The van der Waals surface area contributed by atoms with E-state index < -0.39 is 23.2 Å². The number of pyridine rings is 3. The van der Waals surface area contributed by atoms with Gasteiger partial charge >= 0.3 is 5.97 Å². The molecule has 5 aromatic rings. The van der Waals surface area contributed by atoms with Crippen molar-refractivity contribution in [1.82, 2.24) is 24.2 Å². The number of aromatic carboxylic acids is 1. The molecule has 12 heteroatoms. The van der Waals surface area contributed by atoms with E-state index in [0.717, 1.165) is 32.1 Å². The fourth-order valence-corrected chi connectivity index (χ4v) is 7.25. The van der Waals surface area contributed by atoms with Gasteiger partial charge in [-0.3, -0.25) is 9.20 Å². The zero-order valence-electron chi connectivity index (χ0n) is 24.9. The Bertz CT molecular complexity index is 2050. The van der Waals surface area contributed by atoms with Gasteiger partial charge in [-0.15, -0.1) is 0 Å². The van der Waals surface area contributed by atoms with Crippen LogP contribution in [0, 0.1) is 17.6 Å². The number of benzene rings is 1. The summed E-state index contributed by atoms with van der Waals surface area (Å²) in [7, 11) is 7.48. The van der Waals surface area contributed by atoms with Crippen molar-refractivity contribution in [1.29, 1.82) is 0 Å². The summed E-state index contributed by atoms with van der Waals surface area (Å²) in [6, 6.07) is 6.40. The number of carbonyl (C=O) groups is 1. The fraction of sp³-hybridized carbons (Fsp3) is 0.344. The summed E-state index contributed by atoms with van der Waals surface area (Å²) in [5.41, 5.74) is 3.53. The molecule has 7 rings (SSSR count). The standard InChI is InChI=1S/C32H33F2N7O3/c1-35-22-10-21(33)27(34)25-26-29(40-8-7-17-13-39(4)15-24(17)40)20(11-36-30(26)37-28(22)25)16-5-6-23-18(12-38(2)3)9-19(32(43)44)31(42)41(23)14-16/h5-6,9-11,14,17,24,35H,7-8,12-13,15H2,1-4H3,(H,36,37)(H,43,44)/t17-,24+/m0/s1. The minimum Gasteiger partial charge on any atom is -0.477 e. The van der Waals surface area contributed by atoms with Crippen LogP contribution in [0.4, 0.5) is 20.2 Å². The topological polar surface area (TPSA) is 109 Å². The SMILES string of the molecule is CNc1cc(F)c(F)c2c1[nH]c1ncc(-c3ccc4c(CN(C)C)cc(C(=O)O)c(=O)n4c3)c(N3CC[C@H]4CN(C)C[C@H]43)c12. The second-order valence-electron chi connectivity index (χ2n) is 12.2. The third-order valence-electron chi connectivity index (χ3n) is 9.12. The van der Waals surface area contributed by atoms with Crippen molar-refractivity contribution < 1.29 is 18.7 Å².